The molecule has 136 valence electrons. The van der Waals surface area contributed by atoms with Crippen molar-refractivity contribution in [1.29, 1.82) is 0 Å². The Bertz CT molecular complexity index is 906. The fourth-order valence-corrected chi connectivity index (χ4v) is 2.55. The van der Waals surface area contributed by atoms with E-state index in [0.717, 1.165) is 22.5 Å². The smallest absolute Gasteiger partial charge is 0.227 e. The quantitative estimate of drug-likeness (QED) is 0.619. The van der Waals surface area contributed by atoms with Crippen molar-refractivity contribution in [2.24, 2.45) is 0 Å². The Balaban J connectivity index is 1.85. The number of hydrogen-bond donors (Lipinski definition) is 3. The molecule has 0 aliphatic heterocycles. The van der Waals surface area contributed by atoms with Gasteiger partial charge in [0.05, 0.1) is 19.3 Å². The Hall–Kier alpha value is -2.84. The molecule has 0 saturated heterocycles. The average molecular weight is 354 g/mol. The highest BCUT2D eigenvalue weighted by Crippen LogP contribution is 2.24. The minimum atomic E-state index is -1.24. The van der Waals surface area contributed by atoms with Crippen LogP contribution in [-0.4, -0.2) is 47.4 Å². The topological polar surface area (TPSA) is 109 Å². The van der Waals surface area contributed by atoms with Gasteiger partial charge in [-0.15, -0.1) is 5.10 Å². The van der Waals surface area contributed by atoms with Gasteiger partial charge in [0.15, 0.2) is 0 Å². The Morgan fingerprint density at radius 1 is 1.23 bits per heavy atom. The lowest BCUT2D eigenvalue weighted by Crippen LogP contribution is -2.34. The van der Waals surface area contributed by atoms with Crippen LogP contribution in [0.5, 0.6) is 0 Å². The molecule has 0 fully saturated rings. The lowest BCUT2D eigenvalue weighted by atomic mass is 10.1. The molecule has 0 spiro atoms. The van der Waals surface area contributed by atoms with Crippen LogP contribution in [0.25, 0.3) is 11.3 Å². The number of aromatic nitrogens is 5. The van der Waals surface area contributed by atoms with Crippen molar-refractivity contribution < 1.29 is 10.2 Å². The van der Waals surface area contributed by atoms with Gasteiger partial charge < -0.3 is 15.5 Å². The Kier molecular flexibility index (Phi) is 4.97. The van der Waals surface area contributed by atoms with Crippen LogP contribution in [0.4, 0.5) is 11.6 Å². The zero-order chi connectivity index (χ0) is 18.7. The van der Waals surface area contributed by atoms with Crippen LogP contribution in [0.2, 0.25) is 0 Å². The van der Waals surface area contributed by atoms with Gasteiger partial charge in [-0.3, -0.25) is 0 Å². The molecule has 0 bridgehead atoms. The zero-order valence-corrected chi connectivity index (χ0v) is 15.0. The molecule has 8 heteroatoms. The fourth-order valence-electron chi connectivity index (χ4n) is 2.55. The number of aryl methyl sites for hydroxylation is 2. The van der Waals surface area contributed by atoms with E-state index in [0.29, 0.717) is 11.6 Å². The van der Waals surface area contributed by atoms with Crippen LogP contribution >= 0.6 is 0 Å². The molecule has 3 rings (SSSR count). The molecule has 0 aliphatic carbocycles. The predicted octanol–water partition coefficient (Wildman–Crippen LogP) is 1.84. The number of hydrogen-bond acceptors (Lipinski definition) is 7. The van der Waals surface area contributed by atoms with E-state index in [2.05, 4.69) is 25.6 Å². The fraction of sp³-hybridized carbons (Fsp3) is 0.333. The summed E-state index contributed by atoms with van der Waals surface area (Å²) >= 11 is 0. The lowest BCUT2D eigenvalue weighted by Gasteiger charge is -2.19. The summed E-state index contributed by atoms with van der Waals surface area (Å²) in [5.41, 5.74) is 3.10. The van der Waals surface area contributed by atoms with Crippen LogP contribution < -0.4 is 5.32 Å². The monoisotopic (exact) mass is 354 g/mol. The highest BCUT2D eigenvalue weighted by Gasteiger charge is 2.20. The van der Waals surface area contributed by atoms with E-state index < -0.39 is 5.60 Å². The number of anilines is 2. The van der Waals surface area contributed by atoms with Crippen molar-refractivity contribution in [3.63, 3.8) is 0 Å². The minimum Gasteiger partial charge on any atom is -0.393 e. The van der Waals surface area contributed by atoms with E-state index in [9.17, 15) is 10.2 Å². The van der Waals surface area contributed by atoms with Gasteiger partial charge in [-0.05, 0) is 50.6 Å². The Morgan fingerprint density at radius 2 is 2.04 bits per heavy atom. The molecule has 3 aromatic rings. The van der Waals surface area contributed by atoms with Gasteiger partial charge in [-0.25, -0.2) is 14.6 Å². The molecule has 0 saturated carbocycles. The maximum atomic E-state index is 9.97. The minimum absolute atomic E-state index is 0.157. The summed E-state index contributed by atoms with van der Waals surface area (Å²) in [4.78, 5) is 8.56. The molecule has 3 N–H and O–H groups in total. The van der Waals surface area contributed by atoms with Crippen molar-refractivity contribution in [2.45, 2.75) is 32.9 Å². The van der Waals surface area contributed by atoms with Gasteiger partial charge >= 0.3 is 0 Å². The zero-order valence-electron chi connectivity index (χ0n) is 15.0. The normalized spacial score (nSPS) is 13.4. The second-order valence-corrected chi connectivity index (χ2v) is 6.69. The van der Waals surface area contributed by atoms with Crippen LogP contribution in [0.3, 0.4) is 0 Å². The first kappa shape index (κ1) is 18.0. The van der Waals surface area contributed by atoms with Crippen molar-refractivity contribution in [3.8, 4) is 11.3 Å². The molecule has 8 nitrogen and oxygen atoms in total. The van der Waals surface area contributed by atoms with Crippen LogP contribution in [0.1, 0.15) is 18.2 Å². The van der Waals surface area contributed by atoms with Crippen molar-refractivity contribution >= 4 is 11.6 Å². The summed E-state index contributed by atoms with van der Waals surface area (Å²) in [6.07, 6.45) is 3.45. The van der Waals surface area contributed by atoms with Crippen molar-refractivity contribution in [3.05, 3.63) is 47.9 Å². The van der Waals surface area contributed by atoms with E-state index in [1.165, 1.54) is 4.68 Å². The van der Waals surface area contributed by atoms with Crippen LogP contribution in [0, 0.1) is 13.8 Å². The first-order valence-electron chi connectivity index (χ1n) is 8.27. The standard InChI is InChI=1S/C18H22N6O2/c1-12-6-14(16-9-24(23-22-16)10-18(3,26)11-25)8-15(7-12)21-17-19-5-4-13(2)20-17/h4-9,25-26H,10-11H2,1-3H3,(H,19,20,21)/t18-/m0/s1. The van der Waals surface area contributed by atoms with Crippen LogP contribution in [0.15, 0.2) is 36.7 Å². The summed E-state index contributed by atoms with van der Waals surface area (Å²) in [6.45, 7) is 5.26. The van der Waals surface area contributed by atoms with E-state index in [4.69, 9.17) is 0 Å². The van der Waals surface area contributed by atoms with E-state index in [1.54, 1.807) is 19.3 Å². The third-order valence-corrected chi connectivity index (χ3v) is 3.81. The summed E-state index contributed by atoms with van der Waals surface area (Å²) in [5, 5.41) is 30.5. The second kappa shape index (κ2) is 7.19. The molecular weight excluding hydrogens is 332 g/mol. The SMILES string of the molecule is Cc1cc(Nc2nccc(C)n2)cc(-c2cn(C[C@](C)(O)CO)nn2)c1. The second-order valence-electron chi connectivity index (χ2n) is 6.69. The van der Waals surface area contributed by atoms with E-state index in [-0.39, 0.29) is 13.2 Å². The highest BCUT2D eigenvalue weighted by molar-refractivity contribution is 5.68. The number of rotatable bonds is 6. The van der Waals surface area contributed by atoms with Gasteiger partial charge in [0.25, 0.3) is 0 Å². The average Bonchev–Trinajstić information content (AvgIpc) is 3.02. The molecule has 2 heterocycles. The Morgan fingerprint density at radius 3 is 2.77 bits per heavy atom. The molecule has 1 atom stereocenters. The van der Waals surface area contributed by atoms with Crippen molar-refractivity contribution in [2.75, 3.05) is 11.9 Å². The van der Waals surface area contributed by atoms with Gasteiger partial charge in [0.1, 0.15) is 11.3 Å². The third kappa shape index (κ3) is 4.41. The molecule has 2 aromatic heterocycles. The van der Waals surface area contributed by atoms with E-state index in [1.807, 2.05) is 38.1 Å². The van der Waals surface area contributed by atoms with Crippen molar-refractivity contribution in [1.82, 2.24) is 25.0 Å². The molecule has 0 radical (unpaired) electrons. The maximum Gasteiger partial charge on any atom is 0.227 e. The van der Waals surface area contributed by atoms with Gasteiger partial charge in [0.2, 0.25) is 5.95 Å². The van der Waals surface area contributed by atoms with Crippen LogP contribution in [-0.2, 0) is 6.54 Å². The molecule has 1 aromatic carbocycles. The summed E-state index contributed by atoms with van der Waals surface area (Å²) in [7, 11) is 0. The third-order valence-electron chi connectivity index (χ3n) is 3.81. The lowest BCUT2D eigenvalue weighted by molar-refractivity contribution is -0.0149. The molecule has 0 unspecified atom stereocenters. The molecule has 0 amide bonds. The number of nitrogens with one attached hydrogen (secondary N) is 1. The summed E-state index contributed by atoms with van der Waals surface area (Å²) < 4.78 is 1.52. The predicted molar refractivity (Wildman–Crippen MR) is 98.0 cm³/mol. The molecule has 26 heavy (non-hydrogen) atoms. The summed E-state index contributed by atoms with van der Waals surface area (Å²) in [5.74, 6) is 0.532. The number of aliphatic hydroxyl groups is 2. The number of aliphatic hydroxyl groups excluding tert-OH is 1. The first-order valence-corrected chi connectivity index (χ1v) is 8.27. The number of benzene rings is 1. The largest absolute Gasteiger partial charge is 0.393 e. The summed E-state index contributed by atoms with van der Waals surface area (Å²) in [6, 6.07) is 7.78. The Labute approximate surface area is 151 Å². The molecule has 0 aliphatic rings. The van der Waals surface area contributed by atoms with E-state index >= 15 is 0 Å². The number of nitrogens with zero attached hydrogens (tertiary/aromatic N) is 5. The van der Waals surface area contributed by atoms with Gasteiger partial charge in [-0.1, -0.05) is 5.21 Å². The molecular formula is C18H22N6O2. The van der Waals surface area contributed by atoms with Gasteiger partial charge in [0, 0.05) is 23.1 Å². The maximum absolute atomic E-state index is 9.97. The van der Waals surface area contributed by atoms with Gasteiger partial charge in [-0.2, -0.15) is 0 Å². The highest BCUT2D eigenvalue weighted by atomic mass is 16.3. The first-order chi connectivity index (χ1) is 12.3.